The van der Waals surface area contributed by atoms with E-state index in [1.165, 1.54) is 19.2 Å². The van der Waals surface area contributed by atoms with E-state index in [2.05, 4.69) is 13.8 Å². The number of fused-ring (bicyclic) bond motifs is 1. The fraction of sp³-hybridized carbons (Fsp3) is 0.591. The molecule has 1 aromatic carbocycles. The zero-order valence-corrected chi connectivity index (χ0v) is 17.7. The molecule has 0 fully saturated rings. The molecule has 160 valence electrons. The van der Waals surface area contributed by atoms with Crippen molar-refractivity contribution < 1.29 is 14.4 Å². The minimum absolute atomic E-state index is 0.0433. The van der Waals surface area contributed by atoms with Gasteiger partial charge in [-0.25, -0.2) is 0 Å². The maximum Gasteiger partial charge on any atom is 0.297 e. The van der Waals surface area contributed by atoms with E-state index in [1.54, 1.807) is 10.6 Å². The molecular weight excluding hydrogens is 372 g/mol. The molecule has 0 aliphatic rings. The summed E-state index contributed by atoms with van der Waals surface area (Å²) in [5.74, 6) is 0.543. The van der Waals surface area contributed by atoms with E-state index in [0.29, 0.717) is 29.8 Å². The number of aryl methyl sites for hydroxylation is 1. The van der Waals surface area contributed by atoms with E-state index in [1.807, 2.05) is 0 Å². The molecule has 0 aliphatic carbocycles. The monoisotopic (exact) mass is 404 g/mol. The van der Waals surface area contributed by atoms with Gasteiger partial charge in [0.1, 0.15) is 0 Å². The molecule has 7 nitrogen and oxygen atoms in total. The highest BCUT2D eigenvalue weighted by Crippen LogP contribution is 2.34. The fourth-order valence-corrected chi connectivity index (χ4v) is 3.45. The van der Waals surface area contributed by atoms with Gasteiger partial charge in [0.15, 0.2) is 5.75 Å². The molecule has 0 amide bonds. The molecule has 2 rings (SSSR count). The van der Waals surface area contributed by atoms with Crippen LogP contribution in [0.5, 0.6) is 11.5 Å². The molecule has 0 radical (unpaired) electrons. The predicted octanol–water partition coefficient (Wildman–Crippen LogP) is 5.46. The van der Waals surface area contributed by atoms with E-state index in [9.17, 15) is 14.9 Å². The summed E-state index contributed by atoms with van der Waals surface area (Å²) in [4.78, 5) is 23.9. The van der Waals surface area contributed by atoms with Crippen molar-refractivity contribution in [1.29, 1.82) is 0 Å². The number of aromatic nitrogens is 1. The average molecular weight is 405 g/mol. The second-order valence-corrected chi connectivity index (χ2v) is 7.25. The molecule has 0 bridgehead atoms. The van der Waals surface area contributed by atoms with Crippen LogP contribution in [0.2, 0.25) is 0 Å². The number of hydrogen-bond donors (Lipinski definition) is 0. The molecule has 0 atom stereocenters. The minimum atomic E-state index is -0.444. The largest absolute Gasteiger partial charge is 0.489 e. The Morgan fingerprint density at radius 1 is 1.00 bits per heavy atom. The topological polar surface area (TPSA) is 83.6 Å². The van der Waals surface area contributed by atoms with Gasteiger partial charge in [-0.05, 0) is 18.9 Å². The van der Waals surface area contributed by atoms with Crippen molar-refractivity contribution in [1.82, 2.24) is 4.57 Å². The highest BCUT2D eigenvalue weighted by atomic mass is 16.6. The van der Waals surface area contributed by atoms with Crippen molar-refractivity contribution in [2.45, 2.75) is 71.8 Å². The zero-order valence-electron chi connectivity index (χ0n) is 17.7. The Morgan fingerprint density at radius 2 is 1.69 bits per heavy atom. The average Bonchev–Trinajstić information content (AvgIpc) is 2.72. The van der Waals surface area contributed by atoms with Crippen LogP contribution in [-0.2, 0) is 6.54 Å². The maximum atomic E-state index is 13.1. The minimum Gasteiger partial charge on any atom is -0.489 e. The molecule has 2 aromatic rings. The smallest absolute Gasteiger partial charge is 0.297 e. The molecule has 1 heterocycles. The molecular formula is C22H32N2O5. The van der Waals surface area contributed by atoms with Crippen LogP contribution in [0, 0.1) is 10.1 Å². The van der Waals surface area contributed by atoms with Crippen LogP contribution in [0.3, 0.4) is 0 Å². The normalized spacial score (nSPS) is 11.0. The van der Waals surface area contributed by atoms with Gasteiger partial charge in [0.2, 0.25) is 5.75 Å². The third-order valence-corrected chi connectivity index (χ3v) is 5.06. The van der Waals surface area contributed by atoms with Gasteiger partial charge in [0, 0.05) is 24.1 Å². The number of nitro benzene ring substituents is 1. The predicted molar refractivity (Wildman–Crippen MR) is 115 cm³/mol. The van der Waals surface area contributed by atoms with Gasteiger partial charge >= 0.3 is 0 Å². The van der Waals surface area contributed by atoms with E-state index in [-0.39, 0.29) is 17.0 Å². The first kappa shape index (κ1) is 22.7. The van der Waals surface area contributed by atoms with Crippen molar-refractivity contribution in [3.05, 3.63) is 38.7 Å². The van der Waals surface area contributed by atoms with E-state index in [0.717, 1.165) is 51.4 Å². The summed E-state index contributed by atoms with van der Waals surface area (Å²) >= 11 is 0. The Bertz CT molecular complexity index is 876. The van der Waals surface area contributed by atoms with Gasteiger partial charge in [0.25, 0.3) is 11.2 Å². The number of pyridine rings is 1. The summed E-state index contributed by atoms with van der Waals surface area (Å²) in [6, 6.07) is 4.55. The number of nitrogens with zero attached hydrogens (tertiary/aromatic N) is 2. The Balaban J connectivity index is 2.49. The summed E-state index contributed by atoms with van der Waals surface area (Å²) in [6.07, 6.45) is 8.19. The van der Waals surface area contributed by atoms with Crippen LogP contribution in [0.15, 0.2) is 23.0 Å². The van der Waals surface area contributed by atoms with Gasteiger partial charge < -0.3 is 14.0 Å². The summed E-state index contributed by atoms with van der Waals surface area (Å²) in [7, 11) is 1.46. The number of methoxy groups -OCH3 is 1. The summed E-state index contributed by atoms with van der Waals surface area (Å²) in [6.45, 7) is 5.23. The molecule has 0 N–H and O–H groups in total. The van der Waals surface area contributed by atoms with Crippen LogP contribution in [-0.4, -0.2) is 23.2 Å². The third kappa shape index (κ3) is 5.71. The molecule has 0 spiro atoms. The lowest BCUT2D eigenvalue weighted by Crippen LogP contribution is -2.23. The first-order valence-corrected chi connectivity index (χ1v) is 10.6. The van der Waals surface area contributed by atoms with Gasteiger partial charge in [-0.15, -0.1) is 0 Å². The quantitative estimate of drug-likeness (QED) is 0.251. The lowest BCUT2D eigenvalue weighted by Gasteiger charge is -2.17. The summed E-state index contributed by atoms with van der Waals surface area (Å²) in [5, 5.41) is 11.9. The van der Waals surface area contributed by atoms with Crippen molar-refractivity contribution >= 4 is 16.6 Å². The number of ether oxygens (including phenoxy) is 2. The van der Waals surface area contributed by atoms with E-state index in [4.69, 9.17) is 9.47 Å². The molecule has 7 heteroatoms. The van der Waals surface area contributed by atoms with Crippen LogP contribution < -0.4 is 15.0 Å². The van der Waals surface area contributed by atoms with Gasteiger partial charge in [0.05, 0.1) is 24.2 Å². The summed E-state index contributed by atoms with van der Waals surface area (Å²) in [5.41, 5.74) is 0.170. The van der Waals surface area contributed by atoms with Crippen molar-refractivity contribution in [3.8, 4) is 11.5 Å². The van der Waals surface area contributed by atoms with Crippen LogP contribution in [0.4, 0.5) is 5.69 Å². The number of benzene rings is 1. The number of non-ortho nitro benzene ring substituents is 1. The maximum absolute atomic E-state index is 13.1. The molecule has 29 heavy (non-hydrogen) atoms. The number of rotatable bonds is 13. The number of unbranched alkanes of at least 4 members (excludes halogenated alkanes) is 6. The van der Waals surface area contributed by atoms with Gasteiger partial charge in [-0.2, -0.15) is 0 Å². The van der Waals surface area contributed by atoms with Crippen molar-refractivity contribution in [2.24, 2.45) is 0 Å². The summed E-state index contributed by atoms with van der Waals surface area (Å²) < 4.78 is 13.0. The first-order valence-electron chi connectivity index (χ1n) is 10.6. The Hall–Kier alpha value is -2.57. The van der Waals surface area contributed by atoms with Gasteiger partial charge in [-0.3, -0.25) is 14.9 Å². The standard InChI is InChI=1S/C22H32N2O5/c1-4-6-8-10-14-23-19-16-17(24(26)27)12-13-18(19)20(21(28-3)22(23)25)29-15-11-9-7-5-2/h12-13,16H,4-11,14-15H2,1-3H3. The fourth-order valence-electron chi connectivity index (χ4n) is 3.45. The Kier molecular flexibility index (Phi) is 8.96. The zero-order chi connectivity index (χ0) is 21.2. The number of nitro groups is 1. The Morgan fingerprint density at radius 3 is 2.31 bits per heavy atom. The van der Waals surface area contributed by atoms with E-state index < -0.39 is 4.92 Å². The molecule has 0 saturated carbocycles. The van der Waals surface area contributed by atoms with Crippen LogP contribution in [0.25, 0.3) is 10.9 Å². The third-order valence-electron chi connectivity index (χ3n) is 5.06. The number of hydrogen-bond acceptors (Lipinski definition) is 5. The van der Waals surface area contributed by atoms with Crippen LogP contribution >= 0.6 is 0 Å². The first-order chi connectivity index (χ1) is 14.0. The van der Waals surface area contributed by atoms with Crippen LogP contribution in [0.1, 0.15) is 65.2 Å². The lowest BCUT2D eigenvalue weighted by molar-refractivity contribution is -0.384. The molecule has 0 saturated heterocycles. The van der Waals surface area contributed by atoms with Crippen molar-refractivity contribution in [2.75, 3.05) is 13.7 Å². The SMILES string of the molecule is CCCCCCOc1c(OC)c(=O)n(CCCCCC)c2cc([N+](=O)[O-])ccc12. The lowest BCUT2D eigenvalue weighted by atomic mass is 10.1. The highest BCUT2D eigenvalue weighted by molar-refractivity contribution is 5.89. The van der Waals surface area contributed by atoms with Gasteiger partial charge in [-0.1, -0.05) is 52.4 Å². The van der Waals surface area contributed by atoms with Crippen molar-refractivity contribution in [3.63, 3.8) is 0 Å². The highest BCUT2D eigenvalue weighted by Gasteiger charge is 2.21. The second kappa shape index (κ2) is 11.4. The Labute approximate surface area is 171 Å². The molecule has 0 unspecified atom stereocenters. The molecule has 0 aliphatic heterocycles. The molecule has 1 aromatic heterocycles. The van der Waals surface area contributed by atoms with E-state index >= 15 is 0 Å². The second-order valence-electron chi connectivity index (χ2n) is 7.25.